The van der Waals surface area contributed by atoms with E-state index >= 15 is 0 Å². The maximum Gasteiger partial charge on any atom is 0.333 e. The number of esters is 2. The Labute approximate surface area is 176 Å². The second-order valence-electron chi connectivity index (χ2n) is 8.61. The number of carbonyl (C=O) groups is 3. The first-order valence-electron chi connectivity index (χ1n) is 9.92. The van der Waals surface area contributed by atoms with Gasteiger partial charge in [0.15, 0.2) is 9.84 Å². The molecule has 3 fully saturated rings. The minimum absolute atomic E-state index is 0.00991. The number of fused-ring (bicyclic) bond motifs is 1. The van der Waals surface area contributed by atoms with Crippen LogP contribution >= 0.6 is 0 Å². The molecule has 5 atom stereocenters. The Balaban J connectivity index is 1.81. The number of hydrogen-bond acceptors (Lipinski definition) is 9. The van der Waals surface area contributed by atoms with Crippen molar-refractivity contribution < 1.29 is 41.7 Å². The number of ether oxygens (including phenoxy) is 4. The molecule has 2 saturated carbocycles. The van der Waals surface area contributed by atoms with Gasteiger partial charge in [-0.2, -0.15) is 0 Å². The van der Waals surface area contributed by atoms with Gasteiger partial charge >= 0.3 is 11.9 Å². The molecular weight excluding hydrogens is 416 g/mol. The molecule has 9 nitrogen and oxygen atoms in total. The molecule has 0 aromatic carbocycles. The van der Waals surface area contributed by atoms with Gasteiger partial charge in [-0.25, -0.2) is 13.2 Å². The minimum atomic E-state index is -3.35. The molecule has 2 aliphatic carbocycles. The quantitative estimate of drug-likeness (QED) is 0.150. The van der Waals surface area contributed by atoms with Crippen LogP contribution in [0.25, 0.3) is 0 Å². The van der Waals surface area contributed by atoms with E-state index in [1.165, 1.54) is 6.92 Å². The van der Waals surface area contributed by atoms with Crippen molar-refractivity contribution in [1.82, 2.24) is 0 Å². The molecule has 0 amide bonds. The van der Waals surface area contributed by atoms with Crippen LogP contribution in [0.3, 0.4) is 0 Å². The Bertz CT molecular complexity index is 835. The van der Waals surface area contributed by atoms with Gasteiger partial charge in [0.2, 0.25) is 0 Å². The van der Waals surface area contributed by atoms with Crippen molar-refractivity contribution in [3.05, 3.63) is 12.2 Å². The summed E-state index contributed by atoms with van der Waals surface area (Å²) in [7, 11) is -3.35. The van der Waals surface area contributed by atoms with E-state index in [2.05, 4.69) is 6.58 Å². The van der Waals surface area contributed by atoms with Gasteiger partial charge < -0.3 is 18.9 Å². The van der Waals surface area contributed by atoms with E-state index in [1.807, 2.05) is 0 Å². The molecule has 0 N–H and O–H groups in total. The zero-order valence-corrected chi connectivity index (χ0v) is 18.1. The van der Waals surface area contributed by atoms with Crippen molar-refractivity contribution in [2.24, 2.45) is 16.7 Å². The Hall–Kier alpha value is -1.94. The Kier molecular flexibility index (Phi) is 6.29. The van der Waals surface area contributed by atoms with Crippen molar-refractivity contribution in [3.63, 3.8) is 0 Å². The van der Waals surface area contributed by atoms with Gasteiger partial charge in [0.05, 0.1) is 36.9 Å². The molecule has 168 valence electrons. The van der Waals surface area contributed by atoms with E-state index in [4.69, 9.17) is 18.9 Å². The molecule has 1 saturated heterocycles. The highest BCUT2D eigenvalue weighted by Gasteiger charge is 2.77. The van der Waals surface area contributed by atoms with Crippen molar-refractivity contribution in [2.45, 2.75) is 44.5 Å². The first-order valence-corrected chi connectivity index (χ1v) is 11.6. The van der Waals surface area contributed by atoms with Crippen molar-refractivity contribution in [1.29, 1.82) is 0 Å². The molecule has 10 heteroatoms. The topological polar surface area (TPSA) is 122 Å². The van der Waals surface area contributed by atoms with Crippen LogP contribution in [-0.2, 0) is 43.2 Å². The third-order valence-electron chi connectivity index (χ3n) is 6.75. The first kappa shape index (κ1) is 22.7. The zero-order valence-electron chi connectivity index (χ0n) is 17.3. The molecule has 0 radical (unpaired) electrons. The third-order valence-corrected chi connectivity index (χ3v) is 9.07. The Morgan fingerprint density at radius 3 is 2.53 bits per heavy atom. The fourth-order valence-electron chi connectivity index (χ4n) is 5.73. The Morgan fingerprint density at radius 2 is 1.90 bits per heavy atom. The lowest BCUT2D eigenvalue weighted by Gasteiger charge is -2.39. The van der Waals surface area contributed by atoms with Crippen LogP contribution in [0, 0.1) is 16.7 Å². The van der Waals surface area contributed by atoms with Crippen LogP contribution in [0.2, 0.25) is 0 Å². The second-order valence-corrected chi connectivity index (χ2v) is 10.8. The standard InChI is InChI=1S/C20H28O9S/c1-13(2)18(23)28-7-6-27-17-15-9-30(24,25)16-8-19(17,11-29-14(3)22)10-20(15,16)4-5-26-12-21/h12,15-17H,1,4-11H2,2-3H3. The van der Waals surface area contributed by atoms with Gasteiger partial charge in [-0.1, -0.05) is 6.58 Å². The molecule has 1 aliphatic heterocycles. The fourth-order valence-corrected chi connectivity index (χ4v) is 8.64. The van der Waals surface area contributed by atoms with E-state index in [0.717, 1.165) is 0 Å². The first-order chi connectivity index (χ1) is 14.1. The SMILES string of the molecule is C=C(C)C(=O)OCCOC1C2CS(=O)(=O)C3CC1(COC(C)=O)CC23CCOC=O. The van der Waals surface area contributed by atoms with Crippen LogP contribution in [0.15, 0.2) is 12.2 Å². The van der Waals surface area contributed by atoms with Crippen LogP contribution in [0.1, 0.15) is 33.1 Å². The van der Waals surface area contributed by atoms with Gasteiger partial charge in [0.25, 0.3) is 6.47 Å². The summed E-state index contributed by atoms with van der Waals surface area (Å²) in [6.45, 7) is 7.02. The summed E-state index contributed by atoms with van der Waals surface area (Å²) < 4.78 is 47.1. The monoisotopic (exact) mass is 444 g/mol. The molecular formula is C20H28O9S. The molecule has 3 rings (SSSR count). The normalized spacial score (nSPS) is 35.1. The minimum Gasteiger partial charge on any atom is -0.468 e. The van der Waals surface area contributed by atoms with E-state index in [-0.39, 0.29) is 43.7 Å². The highest BCUT2D eigenvalue weighted by atomic mass is 32.2. The summed E-state index contributed by atoms with van der Waals surface area (Å²) in [6.07, 6.45) is 0.786. The molecule has 3 aliphatic rings. The Morgan fingerprint density at radius 1 is 1.17 bits per heavy atom. The second kappa shape index (κ2) is 8.30. The summed E-state index contributed by atoms with van der Waals surface area (Å²) >= 11 is 0. The van der Waals surface area contributed by atoms with Crippen molar-refractivity contribution in [3.8, 4) is 0 Å². The average molecular weight is 445 g/mol. The highest BCUT2D eigenvalue weighted by molar-refractivity contribution is 7.92. The fraction of sp³-hybridized carbons (Fsp3) is 0.750. The van der Waals surface area contributed by atoms with Crippen LogP contribution in [0.5, 0.6) is 0 Å². The third kappa shape index (κ3) is 3.87. The van der Waals surface area contributed by atoms with Crippen LogP contribution in [-0.4, -0.2) is 70.4 Å². The highest BCUT2D eigenvalue weighted by Crippen LogP contribution is 2.71. The molecule has 0 aromatic heterocycles. The lowest BCUT2D eigenvalue weighted by Crippen LogP contribution is -2.46. The maximum atomic E-state index is 12.9. The molecule has 0 aromatic rings. The van der Waals surface area contributed by atoms with Crippen LogP contribution in [0.4, 0.5) is 0 Å². The summed E-state index contributed by atoms with van der Waals surface area (Å²) in [5, 5.41) is -0.568. The smallest absolute Gasteiger partial charge is 0.333 e. The van der Waals surface area contributed by atoms with E-state index in [9.17, 15) is 22.8 Å². The number of carbonyl (C=O) groups excluding carboxylic acids is 3. The maximum absolute atomic E-state index is 12.9. The average Bonchev–Trinajstić information content (AvgIpc) is 3.17. The zero-order chi connectivity index (χ0) is 22.2. The number of rotatable bonds is 11. The van der Waals surface area contributed by atoms with Crippen molar-refractivity contribution in [2.75, 3.05) is 32.2 Å². The molecule has 5 unspecified atom stereocenters. The predicted octanol–water partition coefficient (Wildman–Crippen LogP) is 0.811. The largest absolute Gasteiger partial charge is 0.468 e. The number of sulfone groups is 1. The summed E-state index contributed by atoms with van der Waals surface area (Å²) in [6, 6.07) is 0. The van der Waals surface area contributed by atoms with Crippen molar-refractivity contribution >= 4 is 28.2 Å². The molecule has 1 heterocycles. The summed E-state index contributed by atoms with van der Waals surface area (Å²) in [4.78, 5) is 33.6. The summed E-state index contributed by atoms with van der Waals surface area (Å²) in [5.41, 5.74) is -0.939. The van der Waals surface area contributed by atoms with Gasteiger partial charge in [0.1, 0.15) is 6.61 Å². The number of hydrogen-bond donors (Lipinski definition) is 0. The lowest BCUT2D eigenvalue weighted by atomic mass is 9.71. The van der Waals surface area contributed by atoms with Crippen LogP contribution < -0.4 is 0 Å². The van der Waals surface area contributed by atoms with E-state index in [0.29, 0.717) is 25.7 Å². The predicted molar refractivity (Wildman–Crippen MR) is 104 cm³/mol. The molecule has 2 bridgehead atoms. The molecule has 30 heavy (non-hydrogen) atoms. The summed E-state index contributed by atoms with van der Waals surface area (Å²) in [5.74, 6) is -1.28. The lowest BCUT2D eigenvalue weighted by molar-refractivity contribution is -0.153. The van der Waals surface area contributed by atoms with E-state index < -0.39 is 44.0 Å². The van der Waals surface area contributed by atoms with Gasteiger partial charge in [-0.15, -0.1) is 0 Å². The molecule has 0 spiro atoms. The van der Waals surface area contributed by atoms with Gasteiger partial charge in [-0.3, -0.25) is 9.59 Å². The van der Waals surface area contributed by atoms with Gasteiger partial charge in [-0.05, 0) is 31.6 Å². The van der Waals surface area contributed by atoms with E-state index in [1.54, 1.807) is 6.92 Å². The van der Waals surface area contributed by atoms with Gasteiger partial charge in [0, 0.05) is 23.8 Å².